The van der Waals surface area contributed by atoms with Crippen LogP contribution in [0.15, 0.2) is 41.5 Å². The minimum Gasteiger partial charge on any atom is -0.321 e. The quantitative estimate of drug-likeness (QED) is 0.780. The molecule has 1 atom stereocenters. The van der Waals surface area contributed by atoms with Crippen LogP contribution in [-0.4, -0.2) is 20.7 Å². The summed E-state index contributed by atoms with van der Waals surface area (Å²) in [6.45, 7) is 2.93. The van der Waals surface area contributed by atoms with Crippen LogP contribution in [0.4, 0.5) is 13.2 Å². The lowest BCUT2D eigenvalue weighted by molar-refractivity contribution is -0.162. The molecule has 0 saturated carbocycles. The fraction of sp³-hybridized carbons (Fsp3) is 0.250. The van der Waals surface area contributed by atoms with E-state index in [1.165, 1.54) is 12.4 Å². The Hall–Kier alpha value is -2.57. The Kier molecular flexibility index (Phi) is 3.50. The maximum absolute atomic E-state index is 13.0. The highest BCUT2D eigenvalue weighted by atomic mass is 19.4. The van der Waals surface area contributed by atoms with Crippen LogP contribution in [0.2, 0.25) is 0 Å². The summed E-state index contributed by atoms with van der Waals surface area (Å²) in [5.74, 6) is -0.000480. The van der Waals surface area contributed by atoms with E-state index in [9.17, 15) is 18.0 Å². The van der Waals surface area contributed by atoms with E-state index in [4.69, 9.17) is 0 Å². The zero-order chi connectivity index (χ0) is 16.8. The standard InChI is InChI=1S/C16H14F3N3O/c1-9-3-4-13-11(7-9)8-12(15(23)21-13)14-20-5-6-22(14)10(2)16(17,18)19/h3-8,10H,1-2H3,(H,21,23). The largest absolute Gasteiger partial charge is 0.408 e. The van der Waals surface area contributed by atoms with E-state index in [2.05, 4.69) is 9.97 Å². The third-order valence-electron chi connectivity index (χ3n) is 3.80. The summed E-state index contributed by atoms with van der Waals surface area (Å²) in [5, 5.41) is 0.744. The summed E-state index contributed by atoms with van der Waals surface area (Å²) in [4.78, 5) is 18.9. The molecular weight excluding hydrogens is 307 g/mol. The van der Waals surface area contributed by atoms with Crippen LogP contribution in [0.5, 0.6) is 0 Å². The van der Waals surface area contributed by atoms with Crippen LogP contribution >= 0.6 is 0 Å². The Morgan fingerprint density at radius 2 is 2.00 bits per heavy atom. The average Bonchev–Trinajstić information content (AvgIpc) is 2.94. The smallest absolute Gasteiger partial charge is 0.321 e. The van der Waals surface area contributed by atoms with Crippen molar-refractivity contribution in [1.82, 2.24) is 14.5 Å². The number of hydrogen-bond acceptors (Lipinski definition) is 2. The van der Waals surface area contributed by atoms with Gasteiger partial charge in [0.2, 0.25) is 0 Å². The average molecular weight is 321 g/mol. The number of aryl methyl sites for hydroxylation is 1. The van der Waals surface area contributed by atoms with Crippen molar-refractivity contribution in [1.29, 1.82) is 0 Å². The van der Waals surface area contributed by atoms with Gasteiger partial charge in [-0.3, -0.25) is 4.79 Å². The first-order valence-corrected chi connectivity index (χ1v) is 7.01. The monoisotopic (exact) mass is 321 g/mol. The Morgan fingerprint density at radius 3 is 2.70 bits per heavy atom. The molecule has 23 heavy (non-hydrogen) atoms. The fourth-order valence-corrected chi connectivity index (χ4v) is 2.48. The van der Waals surface area contributed by atoms with Crippen LogP contribution in [0.1, 0.15) is 18.5 Å². The SMILES string of the molecule is Cc1ccc2[nH]c(=O)c(-c3nccn3C(C)C(F)(F)F)cc2c1. The number of rotatable bonds is 2. The van der Waals surface area contributed by atoms with E-state index >= 15 is 0 Å². The molecule has 0 spiro atoms. The van der Waals surface area contributed by atoms with Crippen molar-refractivity contribution in [2.75, 3.05) is 0 Å². The predicted octanol–water partition coefficient (Wildman–Crippen LogP) is 3.82. The summed E-state index contributed by atoms with van der Waals surface area (Å²) in [5.41, 5.74) is 1.27. The van der Waals surface area contributed by atoms with Crippen LogP contribution in [0.3, 0.4) is 0 Å². The molecular formula is C16H14F3N3O. The lowest BCUT2D eigenvalue weighted by Gasteiger charge is -2.19. The molecule has 0 aliphatic heterocycles. The van der Waals surface area contributed by atoms with Gasteiger partial charge in [0, 0.05) is 17.9 Å². The van der Waals surface area contributed by atoms with E-state index in [0.717, 1.165) is 22.4 Å². The summed E-state index contributed by atoms with van der Waals surface area (Å²) in [7, 11) is 0. The van der Waals surface area contributed by atoms with Crippen LogP contribution in [-0.2, 0) is 0 Å². The fourth-order valence-electron chi connectivity index (χ4n) is 2.48. The van der Waals surface area contributed by atoms with Gasteiger partial charge in [0.05, 0.1) is 5.56 Å². The molecule has 0 fully saturated rings. The number of H-pyrrole nitrogens is 1. The summed E-state index contributed by atoms with van der Waals surface area (Å²) < 4.78 is 39.9. The lowest BCUT2D eigenvalue weighted by atomic mass is 10.1. The third-order valence-corrected chi connectivity index (χ3v) is 3.80. The first kappa shape index (κ1) is 15.3. The number of fused-ring (bicyclic) bond motifs is 1. The van der Waals surface area contributed by atoms with Gasteiger partial charge in [-0.2, -0.15) is 13.2 Å². The molecule has 2 heterocycles. The molecule has 0 aliphatic carbocycles. The lowest BCUT2D eigenvalue weighted by Crippen LogP contribution is -2.25. The van der Waals surface area contributed by atoms with Crippen LogP contribution in [0.25, 0.3) is 22.3 Å². The third kappa shape index (κ3) is 2.74. The Bertz CT molecular complexity index is 924. The summed E-state index contributed by atoms with van der Waals surface area (Å²) in [6, 6.07) is 5.27. The Morgan fingerprint density at radius 1 is 1.26 bits per heavy atom. The highest BCUT2D eigenvalue weighted by Crippen LogP contribution is 2.32. The van der Waals surface area contributed by atoms with E-state index in [0.29, 0.717) is 5.52 Å². The summed E-state index contributed by atoms with van der Waals surface area (Å²) in [6.07, 6.45) is -1.93. The van der Waals surface area contributed by atoms with Gasteiger partial charge in [-0.15, -0.1) is 0 Å². The second-order valence-corrected chi connectivity index (χ2v) is 5.48. The van der Waals surface area contributed by atoms with Crippen molar-refractivity contribution in [2.24, 2.45) is 0 Å². The van der Waals surface area contributed by atoms with Gasteiger partial charge in [0.15, 0.2) is 0 Å². The topological polar surface area (TPSA) is 50.7 Å². The number of imidazole rings is 1. The zero-order valence-electron chi connectivity index (χ0n) is 12.5. The number of halogens is 3. The van der Waals surface area contributed by atoms with Crippen molar-refractivity contribution in [3.63, 3.8) is 0 Å². The zero-order valence-corrected chi connectivity index (χ0v) is 12.5. The van der Waals surface area contributed by atoms with Gasteiger partial charge in [-0.1, -0.05) is 11.6 Å². The first-order chi connectivity index (χ1) is 10.8. The van der Waals surface area contributed by atoms with E-state index in [1.54, 1.807) is 12.1 Å². The highest BCUT2D eigenvalue weighted by Gasteiger charge is 2.38. The molecule has 0 amide bonds. The van der Waals surface area contributed by atoms with Gasteiger partial charge in [-0.25, -0.2) is 4.98 Å². The molecule has 2 aromatic heterocycles. The van der Waals surface area contributed by atoms with Crippen LogP contribution < -0.4 is 5.56 Å². The second-order valence-electron chi connectivity index (χ2n) is 5.48. The molecule has 0 bridgehead atoms. The Balaban J connectivity index is 2.20. The number of hydrogen-bond donors (Lipinski definition) is 1. The molecule has 3 rings (SSSR count). The minimum atomic E-state index is -4.42. The number of alkyl halides is 3. The molecule has 1 N–H and O–H groups in total. The van der Waals surface area contributed by atoms with Crippen molar-refractivity contribution in [3.05, 3.63) is 52.6 Å². The van der Waals surface area contributed by atoms with Gasteiger partial charge < -0.3 is 9.55 Å². The number of nitrogens with one attached hydrogen (secondary N) is 1. The predicted molar refractivity (Wildman–Crippen MR) is 81.3 cm³/mol. The van der Waals surface area contributed by atoms with Crippen LogP contribution in [0, 0.1) is 6.92 Å². The number of pyridine rings is 1. The maximum atomic E-state index is 13.0. The highest BCUT2D eigenvalue weighted by molar-refractivity contribution is 5.83. The van der Waals surface area contributed by atoms with E-state index in [-0.39, 0.29) is 11.4 Å². The normalized spacial score (nSPS) is 13.4. The summed E-state index contributed by atoms with van der Waals surface area (Å²) >= 11 is 0. The Labute approximate surface area is 129 Å². The maximum Gasteiger partial charge on any atom is 0.408 e. The molecule has 7 heteroatoms. The van der Waals surface area contributed by atoms with Gasteiger partial charge in [0.1, 0.15) is 11.9 Å². The molecule has 0 radical (unpaired) electrons. The van der Waals surface area contributed by atoms with Crippen molar-refractivity contribution < 1.29 is 13.2 Å². The molecule has 1 aromatic carbocycles. The first-order valence-electron chi connectivity index (χ1n) is 7.01. The molecule has 120 valence electrons. The van der Waals surface area contributed by atoms with Crippen molar-refractivity contribution >= 4 is 10.9 Å². The van der Waals surface area contributed by atoms with Crippen molar-refractivity contribution in [2.45, 2.75) is 26.1 Å². The van der Waals surface area contributed by atoms with Gasteiger partial charge in [0.25, 0.3) is 5.56 Å². The number of aromatic amines is 1. The number of aromatic nitrogens is 3. The van der Waals surface area contributed by atoms with E-state index in [1.807, 2.05) is 19.1 Å². The molecule has 4 nitrogen and oxygen atoms in total. The minimum absolute atomic E-state index is 0.000480. The van der Waals surface area contributed by atoms with Gasteiger partial charge >= 0.3 is 6.18 Å². The molecule has 0 saturated heterocycles. The van der Waals surface area contributed by atoms with Crippen molar-refractivity contribution in [3.8, 4) is 11.4 Å². The molecule has 3 aromatic rings. The van der Waals surface area contributed by atoms with E-state index < -0.39 is 17.8 Å². The second kappa shape index (κ2) is 5.26. The molecule has 0 aliphatic rings. The molecule has 1 unspecified atom stereocenters. The van der Waals surface area contributed by atoms with Gasteiger partial charge in [-0.05, 0) is 37.4 Å². The number of nitrogens with zero attached hydrogens (tertiary/aromatic N) is 2. The number of benzene rings is 1.